The highest BCUT2D eigenvalue weighted by molar-refractivity contribution is 7.92. The van der Waals surface area contributed by atoms with Gasteiger partial charge in [0.05, 0.1) is 94.7 Å². The fraction of sp³-hybridized carbons (Fsp3) is 0.143. The summed E-state index contributed by atoms with van der Waals surface area (Å²) in [5, 5.41) is 6.80. The van der Waals surface area contributed by atoms with Gasteiger partial charge in [0.25, 0.3) is 17.7 Å². The van der Waals surface area contributed by atoms with Crippen LogP contribution in [0.4, 0.5) is 17.2 Å². The summed E-state index contributed by atoms with van der Waals surface area (Å²) in [6, 6.07) is 31.6. The minimum absolute atomic E-state index is 0. The molecule has 90 heavy (non-hydrogen) atoms. The van der Waals surface area contributed by atoms with Crippen LogP contribution in [-0.4, -0.2) is 119 Å². The quantitative estimate of drug-likeness (QED) is 0.0555. The number of fused-ring (bicyclic) bond motifs is 3. The monoisotopic (exact) mass is 1270 g/mol. The molecule has 12 aromatic rings. The summed E-state index contributed by atoms with van der Waals surface area (Å²) in [6.07, 6.45) is 17.3. The first-order valence-corrected chi connectivity index (χ1v) is 32.4. The van der Waals surface area contributed by atoms with Crippen molar-refractivity contribution in [3.8, 4) is 33.8 Å². The number of anilines is 3. The molecule has 3 amide bonds. The molecule has 9 heterocycles. The molecule has 0 radical (unpaired) electrons. The van der Waals surface area contributed by atoms with E-state index in [0.717, 1.165) is 0 Å². The van der Waals surface area contributed by atoms with E-state index in [-0.39, 0.29) is 33.8 Å². The van der Waals surface area contributed by atoms with Crippen molar-refractivity contribution in [2.24, 2.45) is 0 Å². The number of nitrogens with one attached hydrogen (secondary N) is 6. The third-order valence-electron chi connectivity index (χ3n) is 13.9. The number of sulfone groups is 3. The Morgan fingerprint density at radius 1 is 0.389 bits per heavy atom. The second kappa shape index (κ2) is 26.3. The minimum Gasteiger partial charge on any atom is -0.344 e. The standard InChI is InChI=1S/3C21H19N5O3S.H2/c1-13(2)30(28,29)16-5-3-14(4-6-16)18-12-24-20-19(26-18)17(11-23-20)21(27)25-15-7-9-22-10-8-15;1-13(2)30(28,29)16-7-5-14(6-8-16)18-12-24-20-19(26-18)17(11-23-20)21(27)25-15-4-3-9-22-10-15;1-13(2)30(28,29)15-8-6-14(7-9-15)17-12-24-20-19(25-17)16(11-23-20)21(27)26-18-5-3-4-10-22-18;/h3-13H,1-2H3,(H,23,24)(H,22,25,27);3-13H,1-2H3,(H,23,24)(H,25,27);3-13H,1-2H3,(H,23,24)(H,22,26,27);1H. The van der Waals surface area contributed by atoms with Crippen LogP contribution in [0.15, 0.2) is 198 Å². The van der Waals surface area contributed by atoms with E-state index in [2.05, 4.69) is 75.8 Å². The van der Waals surface area contributed by atoms with Crippen molar-refractivity contribution in [3.05, 3.63) is 200 Å². The average Bonchev–Trinajstić information content (AvgIpc) is 1.86. The Morgan fingerprint density at radius 3 is 1.11 bits per heavy atom. The molecule has 0 unspecified atom stereocenters. The van der Waals surface area contributed by atoms with E-state index in [1.54, 1.807) is 225 Å². The number of nitrogens with zero attached hydrogens (tertiary/aromatic N) is 9. The van der Waals surface area contributed by atoms with Gasteiger partial charge in [-0.15, -0.1) is 0 Å². The lowest BCUT2D eigenvalue weighted by Crippen LogP contribution is -2.13. The van der Waals surface area contributed by atoms with Crippen LogP contribution < -0.4 is 16.0 Å². The SMILES string of the molecule is CC(C)S(=O)(=O)c1ccc(-c2cnc3[nH]cc(C(=O)Nc4ccccn4)c3n2)cc1.CC(C)S(=O)(=O)c1ccc(-c2cnc3[nH]cc(C(=O)Nc4cccnc4)c3n2)cc1.CC(C)S(=O)(=O)c1ccc(-c2cnc3[nH]cc(C(=O)Nc4ccncc4)c3n2)cc1.[HH]. The highest BCUT2D eigenvalue weighted by Gasteiger charge is 2.24. The molecule has 0 spiro atoms. The lowest BCUT2D eigenvalue weighted by Gasteiger charge is -2.08. The number of benzene rings is 3. The lowest BCUT2D eigenvalue weighted by atomic mass is 10.1. The summed E-state index contributed by atoms with van der Waals surface area (Å²) >= 11 is 0. The maximum absolute atomic E-state index is 12.7. The van der Waals surface area contributed by atoms with Crippen molar-refractivity contribution in [3.63, 3.8) is 0 Å². The second-order valence-corrected chi connectivity index (χ2v) is 28.4. The maximum Gasteiger partial charge on any atom is 0.260 e. The highest BCUT2D eigenvalue weighted by Crippen LogP contribution is 2.29. The fourth-order valence-corrected chi connectivity index (χ4v) is 11.9. The Hall–Kier alpha value is -10.8. The molecule has 0 saturated heterocycles. The Labute approximate surface area is 517 Å². The molecular weight excluding hydrogens is 1210 g/mol. The summed E-state index contributed by atoms with van der Waals surface area (Å²) in [5.41, 5.74) is 8.65. The molecule has 6 N–H and O–H groups in total. The largest absolute Gasteiger partial charge is 0.344 e. The molecule has 24 nitrogen and oxygen atoms in total. The van der Waals surface area contributed by atoms with Gasteiger partial charge in [0.1, 0.15) is 22.4 Å². The van der Waals surface area contributed by atoms with Crippen LogP contribution in [0.25, 0.3) is 67.3 Å². The normalized spacial score (nSPS) is 11.7. The molecule has 0 aliphatic carbocycles. The van der Waals surface area contributed by atoms with Crippen molar-refractivity contribution < 1.29 is 41.1 Å². The van der Waals surface area contributed by atoms with E-state index in [1.165, 1.54) is 0 Å². The van der Waals surface area contributed by atoms with Gasteiger partial charge in [0, 0.05) is 67.2 Å². The fourth-order valence-electron chi connectivity index (χ4n) is 8.76. The van der Waals surface area contributed by atoms with Crippen molar-refractivity contribution in [2.75, 3.05) is 16.0 Å². The number of rotatable bonds is 15. The number of carbonyl (C=O) groups excluding carboxylic acids is 3. The van der Waals surface area contributed by atoms with Gasteiger partial charge in [-0.2, -0.15) is 0 Å². The minimum atomic E-state index is -3.35. The molecule has 27 heteroatoms. The van der Waals surface area contributed by atoms with Crippen LogP contribution >= 0.6 is 0 Å². The molecule has 0 bridgehead atoms. The van der Waals surface area contributed by atoms with Gasteiger partial charge in [0.2, 0.25) is 0 Å². The lowest BCUT2D eigenvalue weighted by molar-refractivity contribution is 0.101. The Kier molecular flexibility index (Phi) is 18.2. The van der Waals surface area contributed by atoms with Crippen molar-refractivity contribution in [1.29, 1.82) is 0 Å². The number of amides is 3. The maximum atomic E-state index is 12.7. The molecule has 3 aromatic carbocycles. The van der Waals surface area contributed by atoms with Gasteiger partial charge in [-0.05, 0) is 114 Å². The zero-order valence-corrected chi connectivity index (χ0v) is 51.4. The number of aromatic amines is 3. The first-order valence-electron chi connectivity index (χ1n) is 27.8. The summed E-state index contributed by atoms with van der Waals surface area (Å²) in [6.45, 7) is 9.87. The molecule has 0 atom stereocenters. The predicted molar refractivity (Wildman–Crippen MR) is 344 cm³/mol. The third-order valence-corrected chi connectivity index (χ3v) is 20.4. The Morgan fingerprint density at radius 2 is 0.767 bits per heavy atom. The van der Waals surface area contributed by atoms with Crippen LogP contribution in [0.3, 0.4) is 0 Å². The summed E-state index contributed by atoms with van der Waals surface area (Å²) in [5.74, 6) is -0.580. The summed E-state index contributed by atoms with van der Waals surface area (Å²) in [4.78, 5) is 86.3. The molecule has 0 aliphatic heterocycles. The summed E-state index contributed by atoms with van der Waals surface area (Å²) < 4.78 is 73.9. The molecule has 458 valence electrons. The van der Waals surface area contributed by atoms with Crippen LogP contribution in [-0.2, 0) is 29.5 Å². The van der Waals surface area contributed by atoms with E-state index in [4.69, 9.17) is 0 Å². The first-order chi connectivity index (χ1) is 43.1. The van der Waals surface area contributed by atoms with Gasteiger partial charge in [-0.25, -0.2) is 60.1 Å². The number of aromatic nitrogens is 12. The molecule has 0 fully saturated rings. The molecule has 9 aromatic heterocycles. The van der Waals surface area contributed by atoms with Crippen molar-refractivity contribution in [1.82, 2.24) is 59.8 Å². The van der Waals surface area contributed by atoms with Gasteiger partial charge in [-0.1, -0.05) is 42.5 Å². The number of H-pyrrole nitrogens is 3. The van der Waals surface area contributed by atoms with E-state index >= 15 is 0 Å². The second-order valence-electron chi connectivity index (χ2n) is 20.9. The highest BCUT2D eigenvalue weighted by atomic mass is 32.2. The van der Waals surface area contributed by atoms with Crippen LogP contribution in [0, 0.1) is 0 Å². The van der Waals surface area contributed by atoms with E-state index in [9.17, 15) is 39.6 Å². The molecule has 0 saturated carbocycles. The topological polar surface area (TPSA) is 353 Å². The zero-order chi connectivity index (χ0) is 63.9. The first kappa shape index (κ1) is 62.3. The number of hydrogen-bond donors (Lipinski definition) is 6. The van der Waals surface area contributed by atoms with Crippen LogP contribution in [0.2, 0.25) is 0 Å². The van der Waals surface area contributed by atoms with E-state index < -0.39 is 45.3 Å². The number of pyridine rings is 3. The van der Waals surface area contributed by atoms with Crippen LogP contribution in [0.1, 0.15) is 74.0 Å². The van der Waals surface area contributed by atoms with Crippen molar-refractivity contribution in [2.45, 2.75) is 72.0 Å². The smallest absolute Gasteiger partial charge is 0.260 e. The third kappa shape index (κ3) is 13.7. The number of carbonyl (C=O) groups is 3. The average molecular weight is 1270 g/mol. The zero-order valence-electron chi connectivity index (χ0n) is 49.0. The predicted octanol–water partition coefficient (Wildman–Crippen LogP) is 10.6. The van der Waals surface area contributed by atoms with Gasteiger partial charge in [-0.3, -0.25) is 24.4 Å². The van der Waals surface area contributed by atoms with Crippen LogP contribution in [0.5, 0.6) is 0 Å². The molecule has 0 aliphatic rings. The molecular formula is C63H59N15O9S3. The van der Waals surface area contributed by atoms with Crippen molar-refractivity contribution >= 4 is 97.9 Å². The van der Waals surface area contributed by atoms with Gasteiger partial charge < -0.3 is 30.9 Å². The van der Waals surface area contributed by atoms with Gasteiger partial charge in [0.15, 0.2) is 46.5 Å². The summed E-state index contributed by atoms with van der Waals surface area (Å²) in [7, 11) is -10.0. The molecule has 12 rings (SSSR count). The van der Waals surface area contributed by atoms with E-state index in [1.807, 2.05) is 0 Å². The number of hydrogen-bond acceptors (Lipinski definition) is 18. The van der Waals surface area contributed by atoms with E-state index in [0.29, 0.717) is 101 Å². The Bertz CT molecular complexity index is 4450. The van der Waals surface area contributed by atoms with Gasteiger partial charge >= 0.3 is 0 Å². The Balaban J connectivity index is 0.000000161.